The first-order valence-electron chi connectivity index (χ1n) is 6.40. The Morgan fingerprint density at radius 3 is 2.90 bits per heavy atom. The molecule has 0 spiro atoms. The number of carbonyl (C=O) groups is 1. The molecule has 2 aromatic heterocycles. The molecule has 3 heterocycles. The molecule has 21 heavy (non-hydrogen) atoms. The first-order valence-corrected chi connectivity index (χ1v) is 6.78. The molecule has 1 aliphatic rings. The van der Waals surface area contributed by atoms with E-state index in [2.05, 4.69) is 30.4 Å². The average Bonchev–Trinajstić information content (AvgIpc) is 3.08. The summed E-state index contributed by atoms with van der Waals surface area (Å²) < 4.78 is 1.42. The second-order valence-corrected chi connectivity index (χ2v) is 5.01. The van der Waals surface area contributed by atoms with E-state index in [0.717, 1.165) is 13.0 Å². The van der Waals surface area contributed by atoms with Gasteiger partial charge in [0.15, 0.2) is 0 Å². The number of nitrogens with zero attached hydrogens (tertiary/aromatic N) is 7. The average molecular weight is 309 g/mol. The molecule has 0 saturated carbocycles. The van der Waals surface area contributed by atoms with Crippen LogP contribution in [0.15, 0.2) is 12.7 Å². The van der Waals surface area contributed by atoms with Crippen molar-refractivity contribution >= 4 is 23.5 Å². The molecule has 0 bridgehead atoms. The zero-order chi connectivity index (χ0) is 14.8. The van der Waals surface area contributed by atoms with Gasteiger partial charge in [0.05, 0.1) is 0 Å². The van der Waals surface area contributed by atoms with Gasteiger partial charge >= 0.3 is 0 Å². The number of rotatable bonds is 3. The summed E-state index contributed by atoms with van der Waals surface area (Å²) in [5.41, 5.74) is 0. The highest BCUT2D eigenvalue weighted by Crippen LogP contribution is 2.18. The number of hydrogen-bond acceptors (Lipinski definition) is 7. The van der Waals surface area contributed by atoms with Gasteiger partial charge in [-0.15, -0.1) is 0 Å². The van der Waals surface area contributed by atoms with Gasteiger partial charge in [0.2, 0.25) is 17.1 Å². The molecule has 1 amide bonds. The van der Waals surface area contributed by atoms with Gasteiger partial charge in [0.25, 0.3) is 5.95 Å². The van der Waals surface area contributed by atoms with E-state index < -0.39 is 0 Å². The zero-order valence-electron chi connectivity index (χ0n) is 11.3. The number of carbonyl (C=O) groups excluding carboxylic acids is 1. The summed E-state index contributed by atoms with van der Waals surface area (Å²) in [6.07, 6.45) is 3.71. The molecule has 1 atom stereocenters. The molecule has 0 aliphatic carbocycles. The topological polar surface area (TPSA) is 102 Å². The highest BCUT2D eigenvalue weighted by molar-refractivity contribution is 6.28. The van der Waals surface area contributed by atoms with Crippen LogP contribution in [-0.4, -0.2) is 54.8 Å². The summed E-state index contributed by atoms with van der Waals surface area (Å²) in [4.78, 5) is 29.4. The fraction of sp³-hybridized carbons (Fsp3) is 0.455. The van der Waals surface area contributed by atoms with E-state index in [9.17, 15) is 4.79 Å². The predicted molar refractivity (Wildman–Crippen MR) is 74.2 cm³/mol. The van der Waals surface area contributed by atoms with Crippen molar-refractivity contribution in [2.45, 2.75) is 19.4 Å². The molecule has 9 nitrogen and oxygen atoms in total. The van der Waals surface area contributed by atoms with Gasteiger partial charge < -0.3 is 10.2 Å². The van der Waals surface area contributed by atoms with Crippen molar-refractivity contribution in [3.05, 3.63) is 17.9 Å². The first kappa shape index (κ1) is 13.7. The number of nitrogens with one attached hydrogen (secondary N) is 1. The van der Waals surface area contributed by atoms with E-state index in [1.807, 2.05) is 4.90 Å². The van der Waals surface area contributed by atoms with E-state index in [-0.39, 0.29) is 17.2 Å². The quantitative estimate of drug-likeness (QED) is 0.839. The lowest BCUT2D eigenvalue weighted by atomic mass is 10.3. The molecule has 1 saturated heterocycles. The van der Waals surface area contributed by atoms with E-state index in [4.69, 9.17) is 11.6 Å². The zero-order valence-corrected chi connectivity index (χ0v) is 12.0. The normalized spacial score (nSPS) is 18.0. The summed E-state index contributed by atoms with van der Waals surface area (Å²) in [6.45, 7) is 2.88. The van der Waals surface area contributed by atoms with E-state index >= 15 is 0 Å². The van der Waals surface area contributed by atoms with Crippen molar-refractivity contribution in [3.8, 4) is 5.95 Å². The minimum atomic E-state index is -0.0427. The van der Waals surface area contributed by atoms with Crippen LogP contribution in [0.1, 0.15) is 13.3 Å². The molecule has 1 aliphatic heterocycles. The molecule has 3 rings (SSSR count). The number of halogens is 1. The van der Waals surface area contributed by atoms with Crippen LogP contribution in [-0.2, 0) is 4.79 Å². The van der Waals surface area contributed by atoms with Gasteiger partial charge in [-0.05, 0) is 18.0 Å². The minimum Gasteiger partial charge on any atom is -0.352 e. The maximum Gasteiger partial charge on any atom is 0.258 e. The van der Waals surface area contributed by atoms with Crippen molar-refractivity contribution in [1.82, 2.24) is 35.0 Å². The molecular weight excluding hydrogens is 296 g/mol. The number of hydrogen-bond donors (Lipinski definition) is 1. The Morgan fingerprint density at radius 2 is 2.19 bits per heavy atom. The molecule has 2 aromatic rings. The second-order valence-electron chi connectivity index (χ2n) is 4.68. The Kier molecular flexibility index (Phi) is 3.65. The maximum atomic E-state index is 11.1. The molecule has 0 radical (unpaired) electrons. The number of amides is 1. The highest BCUT2D eigenvalue weighted by atomic mass is 35.5. The highest BCUT2D eigenvalue weighted by Gasteiger charge is 2.25. The molecular formula is C11H13ClN8O. The SMILES string of the molecule is CC(=O)NC1CCN(c2nc(Cl)nc(-n3cncn3)n2)C1. The van der Waals surface area contributed by atoms with Crippen molar-refractivity contribution in [2.75, 3.05) is 18.0 Å². The van der Waals surface area contributed by atoms with Crippen LogP contribution in [0.4, 0.5) is 5.95 Å². The fourth-order valence-corrected chi connectivity index (χ4v) is 2.38. The van der Waals surface area contributed by atoms with Gasteiger partial charge in [0.1, 0.15) is 12.7 Å². The lowest BCUT2D eigenvalue weighted by Crippen LogP contribution is -2.36. The van der Waals surface area contributed by atoms with Gasteiger partial charge in [0, 0.05) is 26.1 Å². The van der Waals surface area contributed by atoms with Crippen LogP contribution in [0.3, 0.4) is 0 Å². The molecule has 1 N–H and O–H groups in total. The van der Waals surface area contributed by atoms with E-state index in [0.29, 0.717) is 18.4 Å². The van der Waals surface area contributed by atoms with Crippen molar-refractivity contribution in [2.24, 2.45) is 0 Å². The molecule has 110 valence electrons. The third-order valence-electron chi connectivity index (χ3n) is 3.09. The standard InChI is InChI=1S/C11H13ClN8O/c1-7(21)15-8-2-3-19(4-8)10-16-9(12)17-11(18-10)20-6-13-5-14-20/h5-6,8H,2-4H2,1H3,(H,15,21). The number of anilines is 1. The van der Waals surface area contributed by atoms with Gasteiger partial charge in [-0.1, -0.05) is 0 Å². The van der Waals surface area contributed by atoms with Gasteiger partial charge in [-0.2, -0.15) is 24.7 Å². The van der Waals surface area contributed by atoms with E-state index in [1.54, 1.807) is 0 Å². The molecule has 1 fully saturated rings. The van der Waals surface area contributed by atoms with Gasteiger partial charge in [-0.3, -0.25) is 4.79 Å². The summed E-state index contributed by atoms with van der Waals surface area (Å²) in [7, 11) is 0. The third kappa shape index (κ3) is 3.07. The minimum absolute atomic E-state index is 0.0427. The summed E-state index contributed by atoms with van der Waals surface area (Å²) >= 11 is 5.95. The smallest absolute Gasteiger partial charge is 0.258 e. The molecule has 1 unspecified atom stereocenters. The number of aromatic nitrogens is 6. The van der Waals surface area contributed by atoms with Crippen molar-refractivity contribution < 1.29 is 4.79 Å². The Hall–Kier alpha value is -2.29. The summed E-state index contributed by atoms with van der Waals surface area (Å²) in [5, 5.41) is 6.95. The lowest BCUT2D eigenvalue weighted by Gasteiger charge is -2.17. The van der Waals surface area contributed by atoms with Crippen LogP contribution in [0.25, 0.3) is 5.95 Å². The monoisotopic (exact) mass is 308 g/mol. The first-order chi connectivity index (χ1) is 10.1. The van der Waals surface area contributed by atoms with Gasteiger partial charge in [-0.25, -0.2) is 4.98 Å². The Labute approximate surface area is 125 Å². The Balaban J connectivity index is 1.81. The third-order valence-corrected chi connectivity index (χ3v) is 3.26. The van der Waals surface area contributed by atoms with E-state index in [1.165, 1.54) is 24.3 Å². The largest absolute Gasteiger partial charge is 0.352 e. The van der Waals surface area contributed by atoms with Crippen molar-refractivity contribution in [1.29, 1.82) is 0 Å². The van der Waals surface area contributed by atoms with Crippen LogP contribution in [0, 0.1) is 0 Å². The van der Waals surface area contributed by atoms with Crippen LogP contribution in [0.5, 0.6) is 0 Å². The summed E-state index contributed by atoms with van der Waals surface area (Å²) in [6, 6.07) is 0.0906. The lowest BCUT2D eigenvalue weighted by molar-refractivity contribution is -0.119. The Morgan fingerprint density at radius 1 is 1.38 bits per heavy atom. The van der Waals surface area contributed by atoms with Crippen LogP contribution in [0.2, 0.25) is 5.28 Å². The fourth-order valence-electron chi connectivity index (χ4n) is 2.23. The molecule has 10 heteroatoms. The Bertz CT molecular complexity index is 646. The predicted octanol–water partition coefficient (Wildman–Crippen LogP) is -0.180. The van der Waals surface area contributed by atoms with Crippen LogP contribution < -0.4 is 10.2 Å². The van der Waals surface area contributed by atoms with Crippen molar-refractivity contribution in [3.63, 3.8) is 0 Å². The summed E-state index contributed by atoms with van der Waals surface area (Å²) in [5.74, 6) is 0.734. The maximum absolute atomic E-state index is 11.1. The molecule has 0 aromatic carbocycles. The second kappa shape index (κ2) is 5.60. The van der Waals surface area contributed by atoms with Crippen LogP contribution >= 0.6 is 11.6 Å².